The highest BCUT2D eigenvalue weighted by Gasteiger charge is 2.10. The Hall–Kier alpha value is -1.66. The molecule has 1 aromatic carbocycles. The third-order valence-electron chi connectivity index (χ3n) is 6.30. The van der Waals surface area contributed by atoms with Gasteiger partial charge in [0.05, 0.1) is 0 Å². The van der Waals surface area contributed by atoms with Crippen molar-refractivity contribution >= 4 is 22.7 Å². The Labute approximate surface area is 214 Å². The standard InChI is InChI=1S/C28H42N4S2/c1-3-5-7-9-11-13-15-17-25-29-31-27(33-25)23-19-21-24(22-20-23)28-32-30-26(34-28)18-16-14-12-10-8-6-4-2/h19-22H,3-18H2,1-2H3. The molecule has 4 nitrogen and oxygen atoms in total. The van der Waals surface area contributed by atoms with Crippen LogP contribution in [0.25, 0.3) is 21.1 Å². The van der Waals surface area contributed by atoms with Crippen molar-refractivity contribution in [3.05, 3.63) is 34.3 Å². The first-order valence-corrected chi connectivity index (χ1v) is 15.2. The van der Waals surface area contributed by atoms with Crippen LogP contribution in [0.15, 0.2) is 24.3 Å². The second-order valence-corrected chi connectivity index (χ2v) is 11.4. The molecule has 0 fully saturated rings. The molecule has 0 radical (unpaired) electrons. The fourth-order valence-electron chi connectivity index (χ4n) is 4.16. The maximum absolute atomic E-state index is 4.44. The molecule has 186 valence electrons. The van der Waals surface area contributed by atoms with E-state index < -0.39 is 0 Å². The Kier molecular flexibility index (Phi) is 12.7. The summed E-state index contributed by atoms with van der Waals surface area (Å²) in [5.41, 5.74) is 2.28. The predicted octanol–water partition coefficient (Wildman–Crippen LogP) is 9.31. The van der Waals surface area contributed by atoms with Gasteiger partial charge in [-0.3, -0.25) is 0 Å². The van der Waals surface area contributed by atoms with Gasteiger partial charge in [-0.1, -0.05) is 138 Å². The molecule has 3 aromatic rings. The fourth-order valence-corrected chi connectivity index (χ4v) is 5.94. The van der Waals surface area contributed by atoms with Gasteiger partial charge in [0.2, 0.25) is 0 Å². The maximum atomic E-state index is 4.44. The lowest BCUT2D eigenvalue weighted by Gasteiger charge is -2.00. The summed E-state index contributed by atoms with van der Waals surface area (Å²) in [5, 5.41) is 22.1. The van der Waals surface area contributed by atoms with E-state index in [1.165, 1.54) is 89.9 Å². The molecule has 0 aliphatic rings. The molecule has 0 saturated heterocycles. The lowest BCUT2D eigenvalue weighted by Crippen LogP contribution is -1.85. The normalized spacial score (nSPS) is 11.4. The van der Waals surface area contributed by atoms with Gasteiger partial charge in [-0.15, -0.1) is 20.4 Å². The fraction of sp³-hybridized carbons (Fsp3) is 0.643. The van der Waals surface area contributed by atoms with E-state index in [1.54, 1.807) is 22.7 Å². The van der Waals surface area contributed by atoms with E-state index in [0.717, 1.165) is 44.0 Å². The van der Waals surface area contributed by atoms with Crippen molar-refractivity contribution in [2.75, 3.05) is 0 Å². The molecule has 0 amide bonds. The first-order valence-electron chi connectivity index (χ1n) is 13.6. The minimum Gasteiger partial charge on any atom is -0.143 e. The van der Waals surface area contributed by atoms with Gasteiger partial charge < -0.3 is 0 Å². The Morgan fingerprint density at radius 3 is 1.21 bits per heavy atom. The van der Waals surface area contributed by atoms with Gasteiger partial charge in [0.15, 0.2) is 0 Å². The molecule has 0 bridgehead atoms. The minimum absolute atomic E-state index is 1.02. The van der Waals surface area contributed by atoms with Crippen LogP contribution in [0.2, 0.25) is 0 Å². The van der Waals surface area contributed by atoms with Crippen molar-refractivity contribution in [2.45, 2.75) is 117 Å². The molecular weight excluding hydrogens is 456 g/mol. The average molecular weight is 499 g/mol. The summed E-state index contributed by atoms with van der Waals surface area (Å²) in [6.07, 6.45) is 20.7. The zero-order chi connectivity index (χ0) is 23.8. The third kappa shape index (κ3) is 9.53. The molecule has 0 aliphatic carbocycles. The van der Waals surface area contributed by atoms with Crippen LogP contribution in [0.3, 0.4) is 0 Å². The van der Waals surface area contributed by atoms with Crippen LogP contribution in [0.1, 0.15) is 114 Å². The van der Waals surface area contributed by atoms with Gasteiger partial charge in [-0.2, -0.15) is 0 Å². The summed E-state index contributed by atoms with van der Waals surface area (Å²) in [4.78, 5) is 0. The van der Waals surface area contributed by atoms with Crippen molar-refractivity contribution in [3.8, 4) is 21.1 Å². The SMILES string of the molecule is CCCCCCCCCc1nnc(-c2ccc(-c3nnc(CCCCCCCCC)s3)cc2)s1. The van der Waals surface area contributed by atoms with Gasteiger partial charge in [-0.05, 0) is 12.8 Å². The molecule has 3 rings (SSSR count). The van der Waals surface area contributed by atoms with Crippen LogP contribution in [-0.2, 0) is 12.8 Å². The second-order valence-electron chi connectivity index (χ2n) is 9.32. The molecule has 0 N–H and O–H groups in total. The Balaban J connectivity index is 1.40. The van der Waals surface area contributed by atoms with Crippen LogP contribution in [0.5, 0.6) is 0 Å². The number of hydrogen-bond acceptors (Lipinski definition) is 6. The average Bonchev–Trinajstić information content (AvgIpc) is 3.53. The third-order valence-corrected chi connectivity index (χ3v) is 8.37. The number of unbranched alkanes of at least 4 members (excludes halogenated alkanes) is 12. The first kappa shape index (κ1) is 26.9. The van der Waals surface area contributed by atoms with Crippen LogP contribution < -0.4 is 0 Å². The van der Waals surface area contributed by atoms with E-state index in [2.05, 4.69) is 58.5 Å². The van der Waals surface area contributed by atoms with Gasteiger partial charge >= 0.3 is 0 Å². The molecule has 0 spiro atoms. The van der Waals surface area contributed by atoms with Crippen LogP contribution in [-0.4, -0.2) is 20.4 Å². The molecule has 0 atom stereocenters. The number of aryl methyl sites for hydroxylation is 2. The number of hydrogen-bond donors (Lipinski definition) is 0. The number of benzene rings is 1. The molecule has 2 heterocycles. The molecule has 0 unspecified atom stereocenters. The molecule has 2 aromatic heterocycles. The Bertz CT molecular complexity index is 841. The lowest BCUT2D eigenvalue weighted by molar-refractivity contribution is 0.588. The van der Waals surface area contributed by atoms with Gasteiger partial charge in [-0.25, -0.2) is 0 Å². The number of rotatable bonds is 18. The van der Waals surface area contributed by atoms with Crippen LogP contribution in [0, 0.1) is 0 Å². The van der Waals surface area contributed by atoms with Crippen molar-refractivity contribution in [1.82, 2.24) is 20.4 Å². The van der Waals surface area contributed by atoms with E-state index in [-0.39, 0.29) is 0 Å². The Morgan fingerprint density at radius 2 is 0.824 bits per heavy atom. The summed E-state index contributed by atoms with van der Waals surface area (Å²) < 4.78 is 0. The maximum Gasteiger partial charge on any atom is 0.147 e. The molecule has 34 heavy (non-hydrogen) atoms. The zero-order valence-electron chi connectivity index (χ0n) is 21.2. The first-order chi connectivity index (χ1) is 16.8. The van der Waals surface area contributed by atoms with Gasteiger partial charge in [0, 0.05) is 24.0 Å². The monoisotopic (exact) mass is 498 g/mol. The molecule has 0 aliphatic heterocycles. The molecule has 0 saturated carbocycles. The summed E-state index contributed by atoms with van der Waals surface area (Å²) in [7, 11) is 0. The van der Waals surface area contributed by atoms with E-state index in [1.807, 2.05) is 0 Å². The topological polar surface area (TPSA) is 51.6 Å². The number of aromatic nitrogens is 4. The van der Waals surface area contributed by atoms with Crippen molar-refractivity contribution < 1.29 is 0 Å². The smallest absolute Gasteiger partial charge is 0.143 e. The van der Waals surface area contributed by atoms with Gasteiger partial charge in [0.1, 0.15) is 20.0 Å². The van der Waals surface area contributed by atoms with E-state index in [4.69, 9.17) is 0 Å². The molecule has 6 heteroatoms. The summed E-state index contributed by atoms with van der Waals surface area (Å²) in [6, 6.07) is 8.57. The predicted molar refractivity (Wildman–Crippen MR) is 148 cm³/mol. The second kappa shape index (κ2) is 16.1. The minimum atomic E-state index is 1.02. The van der Waals surface area contributed by atoms with E-state index in [0.29, 0.717) is 0 Å². The molecular formula is C28H42N4S2. The van der Waals surface area contributed by atoms with Crippen molar-refractivity contribution in [2.24, 2.45) is 0 Å². The summed E-state index contributed by atoms with van der Waals surface area (Å²) >= 11 is 3.47. The van der Waals surface area contributed by atoms with Crippen LogP contribution in [0.4, 0.5) is 0 Å². The van der Waals surface area contributed by atoms with E-state index in [9.17, 15) is 0 Å². The van der Waals surface area contributed by atoms with Crippen LogP contribution >= 0.6 is 22.7 Å². The Morgan fingerprint density at radius 1 is 0.471 bits per heavy atom. The number of nitrogens with zero attached hydrogens (tertiary/aromatic N) is 4. The van der Waals surface area contributed by atoms with Crippen molar-refractivity contribution in [3.63, 3.8) is 0 Å². The van der Waals surface area contributed by atoms with Crippen molar-refractivity contribution in [1.29, 1.82) is 0 Å². The highest BCUT2D eigenvalue weighted by molar-refractivity contribution is 7.15. The largest absolute Gasteiger partial charge is 0.147 e. The lowest BCUT2D eigenvalue weighted by atomic mass is 10.1. The van der Waals surface area contributed by atoms with Gasteiger partial charge in [0.25, 0.3) is 0 Å². The highest BCUT2D eigenvalue weighted by atomic mass is 32.1. The summed E-state index contributed by atoms with van der Waals surface area (Å²) in [6.45, 7) is 4.54. The summed E-state index contributed by atoms with van der Waals surface area (Å²) in [5.74, 6) is 0. The zero-order valence-corrected chi connectivity index (χ0v) is 22.9. The highest BCUT2D eigenvalue weighted by Crippen LogP contribution is 2.29. The van der Waals surface area contributed by atoms with E-state index >= 15 is 0 Å². The quantitative estimate of drug-likeness (QED) is 0.164.